The second-order valence-corrected chi connectivity index (χ2v) is 8.09. The number of nitrogens with one attached hydrogen (secondary N) is 1. The maximum atomic E-state index is 12.7. The summed E-state index contributed by atoms with van der Waals surface area (Å²) in [6, 6.07) is 9.84. The molecule has 1 fully saturated rings. The quantitative estimate of drug-likeness (QED) is 0.640. The minimum Gasteiger partial charge on any atom is -0.495 e. The first-order chi connectivity index (χ1) is 15.0. The van der Waals surface area contributed by atoms with Crippen molar-refractivity contribution in [3.8, 4) is 16.9 Å². The Morgan fingerprint density at radius 3 is 2.65 bits per heavy atom. The number of benzene rings is 1. The number of amides is 1. The maximum absolute atomic E-state index is 12.7. The molecule has 2 N–H and O–H groups in total. The summed E-state index contributed by atoms with van der Waals surface area (Å²) in [5.74, 6) is 0.382. The number of aryl methyl sites for hydroxylation is 1. The van der Waals surface area contributed by atoms with Gasteiger partial charge >= 0.3 is 0 Å². The number of aliphatic hydroxyl groups is 1. The topological polar surface area (TPSA) is 89.3 Å². The van der Waals surface area contributed by atoms with Crippen LogP contribution in [0.5, 0.6) is 5.75 Å². The van der Waals surface area contributed by atoms with Gasteiger partial charge in [0.1, 0.15) is 11.4 Å². The Hall–Kier alpha value is -3.19. The Balaban J connectivity index is 1.50. The zero-order chi connectivity index (χ0) is 21.8. The van der Waals surface area contributed by atoms with Gasteiger partial charge in [-0.1, -0.05) is 37.1 Å². The Kier molecular flexibility index (Phi) is 6.32. The largest absolute Gasteiger partial charge is 0.495 e. The fourth-order valence-corrected chi connectivity index (χ4v) is 4.06. The van der Waals surface area contributed by atoms with Crippen molar-refractivity contribution in [1.82, 2.24) is 20.1 Å². The van der Waals surface area contributed by atoms with Crippen LogP contribution in [0.4, 0.5) is 0 Å². The average Bonchev–Trinajstić information content (AvgIpc) is 3.22. The van der Waals surface area contributed by atoms with Gasteiger partial charge in [-0.3, -0.25) is 9.48 Å². The third-order valence-electron chi connectivity index (χ3n) is 5.83. The van der Waals surface area contributed by atoms with E-state index in [-0.39, 0.29) is 11.9 Å². The molecule has 3 aromatic rings. The van der Waals surface area contributed by atoms with Crippen LogP contribution in [-0.4, -0.2) is 45.0 Å². The number of pyridine rings is 1. The van der Waals surface area contributed by atoms with Gasteiger partial charge in [0.15, 0.2) is 0 Å². The molecule has 0 unspecified atom stereocenters. The Morgan fingerprint density at radius 1 is 1.19 bits per heavy atom. The number of rotatable bonds is 6. The molecular weight excluding hydrogens is 392 g/mol. The third-order valence-corrected chi connectivity index (χ3v) is 5.83. The van der Waals surface area contributed by atoms with E-state index in [1.807, 2.05) is 19.4 Å². The summed E-state index contributed by atoms with van der Waals surface area (Å²) in [5, 5.41) is 17.3. The number of aliphatic hydroxyl groups excluding tert-OH is 1. The molecular formula is C24H28N4O3. The predicted molar refractivity (Wildman–Crippen MR) is 118 cm³/mol. The normalized spacial score (nSPS) is 18.5. The summed E-state index contributed by atoms with van der Waals surface area (Å²) in [6.07, 6.45) is 9.06. The average molecular weight is 421 g/mol. The van der Waals surface area contributed by atoms with Crippen molar-refractivity contribution in [3.05, 3.63) is 65.7 Å². The molecule has 162 valence electrons. The standard InChI is InChI=1S/C24H28N4O3/c1-28-15-19(13-26-28)17-9-7-16(8-10-17)11-18-12-21(25-14-23(18)31-2)24(30)27-20-5-3-4-6-22(20)29/h7-10,12-15,20,22,29H,3-6,11H2,1-2H3,(H,27,30)/t20-,22-/m0/s1. The van der Waals surface area contributed by atoms with Gasteiger partial charge in [-0.2, -0.15) is 5.10 Å². The zero-order valence-electron chi connectivity index (χ0n) is 17.9. The van der Waals surface area contributed by atoms with Crippen LogP contribution in [0, 0.1) is 0 Å². The highest BCUT2D eigenvalue weighted by Gasteiger charge is 2.25. The monoisotopic (exact) mass is 420 g/mol. The maximum Gasteiger partial charge on any atom is 0.270 e. The minimum atomic E-state index is -0.492. The molecule has 31 heavy (non-hydrogen) atoms. The second kappa shape index (κ2) is 9.31. The van der Waals surface area contributed by atoms with Crippen molar-refractivity contribution in [1.29, 1.82) is 0 Å². The first-order valence-corrected chi connectivity index (χ1v) is 10.6. The molecule has 2 atom stereocenters. The molecule has 2 heterocycles. The SMILES string of the molecule is COc1cnc(C(=O)N[C@H]2CCCC[C@@H]2O)cc1Cc1ccc(-c2cnn(C)c2)cc1. The van der Waals surface area contributed by atoms with Crippen LogP contribution < -0.4 is 10.1 Å². The van der Waals surface area contributed by atoms with E-state index in [4.69, 9.17) is 4.74 Å². The highest BCUT2D eigenvalue weighted by atomic mass is 16.5. The van der Waals surface area contributed by atoms with E-state index in [1.54, 1.807) is 24.1 Å². The number of carbonyl (C=O) groups is 1. The molecule has 0 bridgehead atoms. The molecule has 7 nitrogen and oxygen atoms in total. The summed E-state index contributed by atoms with van der Waals surface area (Å²) in [4.78, 5) is 17.0. The zero-order valence-corrected chi connectivity index (χ0v) is 17.9. The first-order valence-electron chi connectivity index (χ1n) is 10.6. The van der Waals surface area contributed by atoms with Crippen LogP contribution in [0.15, 0.2) is 48.9 Å². The fourth-order valence-electron chi connectivity index (χ4n) is 4.06. The predicted octanol–water partition coefficient (Wildman–Crippen LogP) is 3.11. The van der Waals surface area contributed by atoms with Gasteiger partial charge < -0.3 is 15.2 Å². The van der Waals surface area contributed by atoms with Crippen molar-refractivity contribution in [2.75, 3.05) is 7.11 Å². The lowest BCUT2D eigenvalue weighted by molar-refractivity contribution is 0.0713. The number of methoxy groups -OCH3 is 1. The van der Waals surface area contributed by atoms with Crippen molar-refractivity contribution < 1.29 is 14.6 Å². The second-order valence-electron chi connectivity index (χ2n) is 8.09. The lowest BCUT2D eigenvalue weighted by atomic mass is 9.92. The number of ether oxygens (including phenoxy) is 1. The molecule has 1 amide bonds. The van der Waals surface area contributed by atoms with Crippen LogP contribution in [0.2, 0.25) is 0 Å². The number of hydrogen-bond acceptors (Lipinski definition) is 5. The molecule has 7 heteroatoms. The summed E-state index contributed by atoms with van der Waals surface area (Å²) in [6.45, 7) is 0. The van der Waals surface area contributed by atoms with Crippen molar-refractivity contribution in [3.63, 3.8) is 0 Å². The van der Waals surface area contributed by atoms with Gasteiger partial charge in [-0.25, -0.2) is 4.98 Å². The van der Waals surface area contributed by atoms with Gasteiger partial charge in [0.2, 0.25) is 0 Å². The number of aromatic nitrogens is 3. The smallest absolute Gasteiger partial charge is 0.270 e. The van der Waals surface area contributed by atoms with Gasteiger partial charge in [0.25, 0.3) is 5.91 Å². The van der Waals surface area contributed by atoms with E-state index in [0.29, 0.717) is 17.9 Å². The fraction of sp³-hybridized carbons (Fsp3) is 0.375. The van der Waals surface area contributed by atoms with Crippen molar-refractivity contribution in [2.45, 2.75) is 44.2 Å². The summed E-state index contributed by atoms with van der Waals surface area (Å²) >= 11 is 0. The van der Waals surface area contributed by atoms with Crippen molar-refractivity contribution in [2.24, 2.45) is 7.05 Å². The van der Waals surface area contributed by atoms with Gasteiger partial charge in [-0.15, -0.1) is 0 Å². The van der Waals surface area contributed by atoms with Crippen LogP contribution >= 0.6 is 0 Å². The van der Waals surface area contributed by atoms with Crippen LogP contribution in [0.25, 0.3) is 11.1 Å². The molecule has 0 radical (unpaired) electrons. The van der Waals surface area contributed by atoms with E-state index >= 15 is 0 Å². The van der Waals surface area contributed by atoms with Gasteiger partial charge in [-0.05, 0) is 30.0 Å². The molecule has 1 aromatic carbocycles. The number of nitrogens with zero attached hydrogens (tertiary/aromatic N) is 3. The van der Waals surface area contributed by atoms with Crippen molar-refractivity contribution >= 4 is 5.91 Å². The number of hydrogen-bond donors (Lipinski definition) is 2. The summed E-state index contributed by atoms with van der Waals surface area (Å²) < 4.78 is 7.25. The van der Waals surface area contributed by atoms with E-state index in [9.17, 15) is 9.90 Å². The van der Waals surface area contributed by atoms with E-state index in [1.165, 1.54) is 0 Å². The lowest BCUT2D eigenvalue weighted by Gasteiger charge is -2.28. The molecule has 1 saturated carbocycles. The summed E-state index contributed by atoms with van der Waals surface area (Å²) in [7, 11) is 3.50. The van der Waals surface area contributed by atoms with Gasteiger partial charge in [0, 0.05) is 30.8 Å². The first kappa shape index (κ1) is 21.1. The van der Waals surface area contributed by atoms with E-state index < -0.39 is 6.10 Å². The molecule has 1 aliphatic rings. The van der Waals surface area contributed by atoms with Gasteiger partial charge in [0.05, 0.1) is 31.6 Å². The highest BCUT2D eigenvalue weighted by molar-refractivity contribution is 5.92. The highest BCUT2D eigenvalue weighted by Crippen LogP contribution is 2.25. The van der Waals surface area contributed by atoms with Crippen LogP contribution in [0.1, 0.15) is 47.3 Å². The lowest BCUT2D eigenvalue weighted by Crippen LogP contribution is -2.45. The van der Waals surface area contributed by atoms with E-state index in [0.717, 1.165) is 47.9 Å². The third kappa shape index (κ3) is 4.94. The van der Waals surface area contributed by atoms with Crippen LogP contribution in [-0.2, 0) is 13.5 Å². The molecule has 4 rings (SSSR count). The van der Waals surface area contributed by atoms with E-state index in [2.05, 4.69) is 39.7 Å². The Morgan fingerprint density at radius 2 is 1.97 bits per heavy atom. The molecule has 0 aliphatic heterocycles. The minimum absolute atomic E-state index is 0.214. The Bertz CT molecular complexity index is 1050. The molecule has 0 saturated heterocycles. The molecule has 1 aliphatic carbocycles. The summed E-state index contributed by atoms with van der Waals surface area (Å²) in [5.41, 5.74) is 4.50. The molecule has 2 aromatic heterocycles. The van der Waals surface area contributed by atoms with Crippen LogP contribution in [0.3, 0.4) is 0 Å². The molecule has 0 spiro atoms. The number of carbonyl (C=O) groups excluding carboxylic acids is 1. The Labute approximate surface area is 182 Å².